The summed E-state index contributed by atoms with van der Waals surface area (Å²) >= 11 is 0. The van der Waals surface area contributed by atoms with Gasteiger partial charge in [-0.25, -0.2) is 19.7 Å². The van der Waals surface area contributed by atoms with Crippen LogP contribution in [-0.2, 0) is 16.0 Å². The average Bonchev–Trinajstić information content (AvgIpc) is 2.99. The highest BCUT2D eigenvalue weighted by atomic mass is 16.5. The molecule has 27 heavy (non-hydrogen) atoms. The molecule has 2 fully saturated rings. The summed E-state index contributed by atoms with van der Waals surface area (Å²) in [6, 6.07) is 3.87. The van der Waals surface area contributed by atoms with Crippen molar-refractivity contribution in [1.82, 2.24) is 19.9 Å². The molecule has 2 aromatic rings. The smallest absolute Gasteiger partial charge is 0.339 e. The molecule has 142 valence electrons. The summed E-state index contributed by atoms with van der Waals surface area (Å²) in [6.07, 6.45) is 6.87. The van der Waals surface area contributed by atoms with E-state index >= 15 is 0 Å². The van der Waals surface area contributed by atoms with Crippen LogP contribution in [0.25, 0.3) is 0 Å². The molecule has 2 bridgehead atoms. The van der Waals surface area contributed by atoms with Crippen molar-refractivity contribution in [2.75, 3.05) is 44.9 Å². The van der Waals surface area contributed by atoms with Gasteiger partial charge in [0, 0.05) is 56.3 Å². The SMILES string of the molecule is COC(=O)c1ccc(N2C[C@H]3COC[C@@H]2CN(Cc2cncnc2)C3)nc1. The van der Waals surface area contributed by atoms with Crippen molar-refractivity contribution in [2.24, 2.45) is 5.92 Å². The van der Waals surface area contributed by atoms with Gasteiger partial charge in [0.15, 0.2) is 0 Å². The zero-order chi connectivity index (χ0) is 18.6. The minimum Gasteiger partial charge on any atom is -0.465 e. The van der Waals surface area contributed by atoms with Gasteiger partial charge in [0.2, 0.25) is 0 Å². The Morgan fingerprint density at radius 3 is 2.78 bits per heavy atom. The summed E-state index contributed by atoms with van der Waals surface area (Å²) in [5, 5.41) is 0. The zero-order valence-corrected chi connectivity index (χ0v) is 15.3. The van der Waals surface area contributed by atoms with Gasteiger partial charge in [-0.05, 0) is 12.1 Å². The Morgan fingerprint density at radius 2 is 2.04 bits per heavy atom. The molecule has 0 radical (unpaired) electrons. The first-order chi connectivity index (χ1) is 13.2. The fourth-order valence-corrected chi connectivity index (χ4v) is 3.81. The highest BCUT2D eigenvalue weighted by Gasteiger charge is 2.34. The van der Waals surface area contributed by atoms with Crippen molar-refractivity contribution in [3.8, 4) is 0 Å². The van der Waals surface area contributed by atoms with Crippen LogP contribution in [0.15, 0.2) is 37.1 Å². The van der Waals surface area contributed by atoms with Crippen molar-refractivity contribution in [3.63, 3.8) is 0 Å². The third kappa shape index (κ3) is 4.06. The van der Waals surface area contributed by atoms with Crippen LogP contribution >= 0.6 is 0 Å². The van der Waals surface area contributed by atoms with Gasteiger partial charge in [0.25, 0.3) is 0 Å². The molecular weight excluding hydrogens is 346 g/mol. The van der Waals surface area contributed by atoms with E-state index in [0.717, 1.165) is 44.2 Å². The quantitative estimate of drug-likeness (QED) is 0.739. The Balaban J connectivity index is 1.52. The maximum atomic E-state index is 11.6. The number of carbonyl (C=O) groups excluding carboxylic acids is 1. The number of ether oxygens (including phenoxy) is 2. The highest BCUT2D eigenvalue weighted by molar-refractivity contribution is 5.89. The minimum absolute atomic E-state index is 0.207. The molecular formula is C19H23N5O3. The third-order valence-electron chi connectivity index (χ3n) is 5.03. The van der Waals surface area contributed by atoms with Gasteiger partial charge in [-0.15, -0.1) is 0 Å². The van der Waals surface area contributed by atoms with E-state index in [4.69, 9.17) is 9.47 Å². The zero-order valence-electron chi connectivity index (χ0n) is 15.3. The number of hydrogen-bond acceptors (Lipinski definition) is 8. The fraction of sp³-hybridized carbons (Fsp3) is 0.474. The number of hydrogen-bond donors (Lipinski definition) is 0. The van der Waals surface area contributed by atoms with E-state index < -0.39 is 0 Å². The lowest BCUT2D eigenvalue weighted by molar-refractivity contribution is 0.0600. The molecule has 0 spiro atoms. The van der Waals surface area contributed by atoms with E-state index in [0.29, 0.717) is 18.1 Å². The Hall–Kier alpha value is -2.58. The molecule has 8 nitrogen and oxygen atoms in total. The van der Waals surface area contributed by atoms with E-state index in [1.165, 1.54) is 7.11 Å². The van der Waals surface area contributed by atoms with Crippen LogP contribution < -0.4 is 4.90 Å². The van der Waals surface area contributed by atoms with Gasteiger partial charge in [-0.3, -0.25) is 4.90 Å². The lowest BCUT2D eigenvalue weighted by Gasteiger charge is -2.31. The van der Waals surface area contributed by atoms with Gasteiger partial charge in [-0.1, -0.05) is 0 Å². The number of rotatable bonds is 4. The van der Waals surface area contributed by atoms with Crippen molar-refractivity contribution >= 4 is 11.8 Å². The Labute approximate surface area is 158 Å². The van der Waals surface area contributed by atoms with Crippen LogP contribution in [0, 0.1) is 5.92 Å². The Kier molecular flexibility index (Phi) is 5.26. The van der Waals surface area contributed by atoms with Crippen LogP contribution in [0.3, 0.4) is 0 Å². The van der Waals surface area contributed by atoms with E-state index in [1.54, 1.807) is 18.6 Å². The van der Waals surface area contributed by atoms with Crippen LogP contribution in [0.1, 0.15) is 15.9 Å². The van der Waals surface area contributed by atoms with Crippen LogP contribution in [0.4, 0.5) is 5.82 Å². The number of esters is 1. The first kappa shape index (κ1) is 17.8. The molecule has 2 aliphatic rings. The van der Waals surface area contributed by atoms with Gasteiger partial charge in [-0.2, -0.15) is 0 Å². The second kappa shape index (κ2) is 7.98. The average molecular weight is 369 g/mol. The van der Waals surface area contributed by atoms with Crippen LogP contribution in [0.5, 0.6) is 0 Å². The molecule has 0 N–H and O–H groups in total. The summed E-state index contributed by atoms with van der Waals surface area (Å²) in [5.41, 5.74) is 1.58. The number of nitrogens with zero attached hydrogens (tertiary/aromatic N) is 5. The second-order valence-corrected chi connectivity index (χ2v) is 7.05. The van der Waals surface area contributed by atoms with E-state index in [2.05, 4.69) is 24.8 Å². The van der Waals surface area contributed by atoms with E-state index in [-0.39, 0.29) is 12.0 Å². The molecule has 0 aromatic carbocycles. The molecule has 2 aliphatic heterocycles. The van der Waals surface area contributed by atoms with Gasteiger partial charge >= 0.3 is 5.97 Å². The molecule has 2 saturated heterocycles. The summed E-state index contributed by atoms with van der Waals surface area (Å²) in [7, 11) is 1.37. The highest BCUT2D eigenvalue weighted by Crippen LogP contribution is 2.25. The first-order valence-electron chi connectivity index (χ1n) is 9.08. The topological polar surface area (TPSA) is 80.7 Å². The van der Waals surface area contributed by atoms with E-state index in [1.807, 2.05) is 18.5 Å². The standard InChI is InChI=1S/C19H23N5O3/c1-26-19(25)16-2-3-18(22-6-16)24-9-15-8-23(10-17(24)12-27-11-15)7-14-4-20-13-21-5-14/h2-6,13,15,17H,7-12H2,1H3/t15-,17-/m0/s1. The molecule has 2 aromatic heterocycles. The summed E-state index contributed by atoms with van der Waals surface area (Å²) in [4.78, 5) is 29.1. The maximum Gasteiger partial charge on any atom is 0.339 e. The van der Waals surface area contributed by atoms with Crippen molar-refractivity contribution in [1.29, 1.82) is 0 Å². The lowest BCUT2D eigenvalue weighted by atomic mass is 10.1. The Morgan fingerprint density at radius 1 is 1.19 bits per heavy atom. The molecule has 8 heteroatoms. The number of aromatic nitrogens is 3. The number of anilines is 1. The first-order valence-corrected chi connectivity index (χ1v) is 9.08. The largest absolute Gasteiger partial charge is 0.465 e. The molecule has 4 heterocycles. The predicted octanol–water partition coefficient (Wildman–Crippen LogP) is 0.995. The van der Waals surface area contributed by atoms with E-state index in [9.17, 15) is 4.79 Å². The summed E-state index contributed by atoms with van der Waals surface area (Å²) < 4.78 is 10.6. The number of methoxy groups -OCH3 is 1. The monoisotopic (exact) mass is 369 g/mol. The van der Waals surface area contributed by atoms with Crippen molar-refractivity contribution in [2.45, 2.75) is 12.6 Å². The van der Waals surface area contributed by atoms with Crippen LogP contribution in [0.2, 0.25) is 0 Å². The molecule has 0 amide bonds. The molecule has 0 saturated carbocycles. The number of pyridine rings is 1. The maximum absolute atomic E-state index is 11.6. The molecule has 0 unspecified atom stereocenters. The van der Waals surface area contributed by atoms with Crippen molar-refractivity contribution < 1.29 is 14.3 Å². The molecule has 0 aliphatic carbocycles. The predicted molar refractivity (Wildman–Crippen MR) is 98.3 cm³/mol. The minimum atomic E-state index is -0.372. The Bertz CT molecular complexity index is 771. The summed E-state index contributed by atoms with van der Waals surface area (Å²) in [5.74, 6) is 0.889. The van der Waals surface area contributed by atoms with Gasteiger partial charge in [0.1, 0.15) is 12.1 Å². The number of fused-ring (bicyclic) bond motifs is 3. The fourth-order valence-electron chi connectivity index (χ4n) is 3.81. The molecule has 4 rings (SSSR count). The van der Waals surface area contributed by atoms with Gasteiger partial charge in [0.05, 0.1) is 31.9 Å². The third-order valence-corrected chi connectivity index (χ3v) is 5.03. The van der Waals surface area contributed by atoms with Crippen molar-refractivity contribution in [3.05, 3.63) is 48.2 Å². The lowest BCUT2D eigenvalue weighted by Crippen LogP contribution is -2.44. The van der Waals surface area contributed by atoms with Gasteiger partial charge < -0.3 is 14.4 Å². The van der Waals surface area contributed by atoms with Crippen LogP contribution in [-0.4, -0.2) is 71.8 Å². The normalized spacial score (nSPS) is 22.9. The second-order valence-electron chi connectivity index (χ2n) is 7.05. The molecule has 2 atom stereocenters. The number of carbonyl (C=O) groups is 1. The summed E-state index contributed by atoms with van der Waals surface area (Å²) in [6.45, 7) is 4.97.